The lowest BCUT2D eigenvalue weighted by Crippen LogP contribution is -2.41. The zero-order valence-electron chi connectivity index (χ0n) is 17.9. The van der Waals surface area contributed by atoms with Crippen LogP contribution in [0.15, 0.2) is 11.1 Å². The van der Waals surface area contributed by atoms with Crippen molar-refractivity contribution in [1.82, 2.24) is 19.5 Å². The Morgan fingerprint density at radius 3 is 2.68 bits per heavy atom. The molecule has 3 rings (SSSR count). The van der Waals surface area contributed by atoms with Crippen LogP contribution in [-0.4, -0.2) is 56.3 Å². The van der Waals surface area contributed by atoms with E-state index in [0.717, 1.165) is 0 Å². The molecule has 0 radical (unpaired) electrons. The molecule has 1 saturated heterocycles. The van der Waals surface area contributed by atoms with Crippen LogP contribution in [0.4, 0.5) is 5.95 Å². The number of hydrogen-bond acceptors (Lipinski definition) is 10. The van der Waals surface area contributed by atoms with Crippen LogP contribution in [0.25, 0.3) is 11.2 Å². The van der Waals surface area contributed by atoms with E-state index in [0.29, 0.717) is 0 Å². The van der Waals surface area contributed by atoms with Crippen molar-refractivity contribution in [2.24, 2.45) is 17.6 Å². The highest BCUT2D eigenvalue weighted by molar-refractivity contribution is 5.76. The fourth-order valence-electron chi connectivity index (χ4n) is 3.13. The van der Waals surface area contributed by atoms with Gasteiger partial charge >= 0.3 is 11.9 Å². The molecule has 0 aliphatic carbocycles. The number of nitrogen functional groups attached to an aromatic ring is 1. The van der Waals surface area contributed by atoms with E-state index in [2.05, 4.69) is 15.0 Å². The molecular formula is C19H28N6O6. The third kappa shape index (κ3) is 4.85. The molecule has 4 atom stereocenters. The number of imidazole rings is 1. The number of ether oxygens (including phenoxy) is 3. The zero-order valence-corrected chi connectivity index (χ0v) is 17.9. The minimum Gasteiger partial charge on any atom is -0.463 e. The molecule has 2 aromatic heterocycles. The van der Waals surface area contributed by atoms with Crippen LogP contribution in [0.1, 0.15) is 40.3 Å². The third-order valence-corrected chi connectivity index (χ3v) is 5.06. The lowest BCUT2D eigenvalue weighted by atomic mass is 10.1. The van der Waals surface area contributed by atoms with Gasteiger partial charge in [-0.3, -0.25) is 23.9 Å². The fourth-order valence-corrected chi connectivity index (χ4v) is 3.13. The Hall–Kier alpha value is -2.99. The van der Waals surface area contributed by atoms with Gasteiger partial charge in [-0.2, -0.15) is 4.98 Å². The van der Waals surface area contributed by atoms with Crippen molar-refractivity contribution in [3.05, 3.63) is 16.7 Å². The molecule has 0 amide bonds. The van der Waals surface area contributed by atoms with Crippen molar-refractivity contribution >= 4 is 29.1 Å². The van der Waals surface area contributed by atoms with Gasteiger partial charge in [-0.1, -0.05) is 27.7 Å². The number of fused-ring (bicyclic) bond motifs is 1. The van der Waals surface area contributed by atoms with E-state index >= 15 is 0 Å². The summed E-state index contributed by atoms with van der Waals surface area (Å²) >= 11 is 0. The van der Waals surface area contributed by atoms with E-state index in [4.69, 9.17) is 25.7 Å². The number of carbonyl (C=O) groups is 2. The molecule has 0 spiro atoms. The quantitative estimate of drug-likeness (QED) is 0.504. The second kappa shape index (κ2) is 9.02. The number of aromatic nitrogens is 4. The Labute approximate surface area is 178 Å². The van der Waals surface area contributed by atoms with E-state index < -0.39 is 42.0 Å². The summed E-state index contributed by atoms with van der Waals surface area (Å²) in [6.07, 6.45) is -0.500. The second-order valence-corrected chi connectivity index (χ2v) is 8.17. The van der Waals surface area contributed by atoms with Gasteiger partial charge in [0.05, 0.1) is 12.2 Å². The summed E-state index contributed by atoms with van der Waals surface area (Å²) in [5.41, 5.74) is 11.4. The molecule has 1 fully saturated rings. The SMILES string of the molecule is CC(C)C(=O)OC[C@H]1O[C@@H](n2cnc3c(=O)[nH]c(N)nc32)C[C@H]1OC(=O)[C@@H](N)C(C)C. The monoisotopic (exact) mass is 436 g/mol. The maximum atomic E-state index is 12.4. The Balaban J connectivity index is 1.84. The van der Waals surface area contributed by atoms with E-state index in [1.807, 2.05) is 13.8 Å². The summed E-state index contributed by atoms with van der Waals surface area (Å²) in [7, 11) is 0. The molecule has 31 heavy (non-hydrogen) atoms. The lowest BCUT2D eigenvalue weighted by molar-refractivity contribution is -0.161. The van der Waals surface area contributed by atoms with Crippen LogP contribution in [0.3, 0.4) is 0 Å². The average molecular weight is 436 g/mol. The number of anilines is 1. The van der Waals surface area contributed by atoms with Gasteiger partial charge < -0.3 is 25.7 Å². The highest BCUT2D eigenvalue weighted by Gasteiger charge is 2.41. The largest absolute Gasteiger partial charge is 0.463 e. The van der Waals surface area contributed by atoms with Gasteiger partial charge in [0.2, 0.25) is 5.95 Å². The molecule has 0 unspecified atom stereocenters. The summed E-state index contributed by atoms with van der Waals surface area (Å²) in [5.74, 6) is -1.46. The van der Waals surface area contributed by atoms with Crippen molar-refractivity contribution in [3.63, 3.8) is 0 Å². The van der Waals surface area contributed by atoms with Crippen molar-refractivity contribution in [2.75, 3.05) is 12.3 Å². The van der Waals surface area contributed by atoms with Crippen molar-refractivity contribution in [1.29, 1.82) is 0 Å². The van der Waals surface area contributed by atoms with Gasteiger partial charge in [0.15, 0.2) is 11.2 Å². The van der Waals surface area contributed by atoms with Gasteiger partial charge in [0, 0.05) is 6.42 Å². The fraction of sp³-hybridized carbons (Fsp3) is 0.632. The number of nitrogens with zero attached hydrogens (tertiary/aromatic N) is 3. The van der Waals surface area contributed by atoms with Gasteiger partial charge in [0.25, 0.3) is 5.56 Å². The first kappa shape index (κ1) is 22.7. The molecule has 5 N–H and O–H groups in total. The third-order valence-electron chi connectivity index (χ3n) is 5.06. The lowest BCUT2D eigenvalue weighted by Gasteiger charge is -2.22. The first-order valence-electron chi connectivity index (χ1n) is 10.1. The van der Waals surface area contributed by atoms with Gasteiger partial charge in [-0.25, -0.2) is 4.98 Å². The summed E-state index contributed by atoms with van der Waals surface area (Å²) in [5, 5.41) is 0. The predicted molar refractivity (Wildman–Crippen MR) is 110 cm³/mol. The molecule has 0 aromatic carbocycles. The highest BCUT2D eigenvalue weighted by atomic mass is 16.6. The Morgan fingerprint density at radius 2 is 2.03 bits per heavy atom. The molecule has 0 saturated carbocycles. The molecule has 170 valence electrons. The van der Waals surface area contributed by atoms with Crippen LogP contribution in [0.2, 0.25) is 0 Å². The first-order chi connectivity index (χ1) is 14.6. The van der Waals surface area contributed by atoms with E-state index in [9.17, 15) is 14.4 Å². The van der Waals surface area contributed by atoms with Gasteiger partial charge in [-0.05, 0) is 5.92 Å². The van der Waals surface area contributed by atoms with Crippen molar-refractivity contribution in [3.8, 4) is 0 Å². The Kier molecular flexibility index (Phi) is 6.60. The number of rotatable bonds is 7. The van der Waals surface area contributed by atoms with Crippen LogP contribution in [0, 0.1) is 11.8 Å². The summed E-state index contributed by atoms with van der Waals surface area (Å²) in [6, 6.07) is -0.799. The molecule has 12 heteroatoms. The molecular weight excluding hydrogens is 408 g/mol. The van der Waals surface area contributed by atoms with Crippen LogP contribution in [-0.2, 0) is 23.8 Å². The van der Waals surface area contributed by atoms with E-state index in [-0.39, 0.29) is 42.0 Å². The van der Waals surface area contributed by atoms with E-state index in [1.54, 1.807) is 13.8 Å². The van der Waals surface area contributed by atoms with Crippen molar-refractivity contribution < 1.29 is 23.8 Å². The number of H-pyrrole nitrogens is 1. The summed E-state index contributed by atoms with van der Waals surface area (Å²) in [6.45, 7) is 6.95. The molecule has 2 aromatic rings. The number of nitrogens with two attached hydrogens (primary N) is 2. The average Bonchev–Trinajstić information content (AvgIpc) is 3.29. The Bertz CT molecular complexity index is 1010. The van der Waals surface area contributed by atoms with Crippen LogP contribution in [0.5, 0.6) is 0 Å². The molecule has 1 aliphatic rings. The Morgan fingerprint density at radius 1 is 1.32 bits per heavy atom. The summed E-state index contributed by atoms with van der Waals surface area (Å²) in [4.78, 5) is 47.0. The van der Waals surface area contributed by atoms with E-state index in [1.165, 1.54) is 10.9 Å². The zero-order chi connectivity index (χ0) is 22.9. The maximum absolute atomic E-state index is 12.4. The number of hydrogen-bond donors (Lipinski definition) is 3. The van der Waals surface area contributed by atoms with Gasteiger partial charge in [0.1, 0.15) is 31.1 Å². The second-order valence-electron chi connectivity index (χ2n) is 8.17. The summed E-state index contributed by atoms with van der Waals surface area (Å²) < 4.78 is 18.4. The smallest absolute Gasteiger partial charge is 0.323 e. The molecule has 3 heterocycles. The highest BCUT2D eigenvalue weighted by Crippen LogP contribution is 2.33. The molecule has 0 bridgehead atoms. The minimum atomic E-state index is -0.799. The first-order valence-corrected chi connectivity index (χ1v) is 10.1. The van der Waals surface area contributed by atoms with Crippen LogP contribution >= 0.6 is 0 Å². The number of carbonyl (C=O) groups excluding carboxylic acids is 2. The number of esters is 2. The standard InChI is InChI=1S/C19H28N6O6/c1-8(2)13(20)18(28)31-10-5-12(30-11(10)6-29-17(27)9(3)4)25-7-22-14-15(25)23-19(21)24-16(14)26/h7-13H,5-6,20H2,1-4H3,(H3,21,23,24,26)/t10-,11-,12-,13+/m1/s1. The van der Waals surface area contributed by atoms with Crippen molar-refractivity contribution in [2.45, 2.75) is 58.6 Å². The maximum Gasteiger partial charge on any atom is 0.323 e. The minimum absolute atomic E-state index is 0.0643. The predicted octanol–water partition coefficient (Wildman–Crippen LogP) is 0.0836. The molecule has 12 nitrogen and oxygen atoms in total. The van der Waals surface area contributed by atoms with Gasteiger partial charge in [-0.15, -0.1) is 0 Å². The van der Waals surface area contributed by atoms with Crippen LogP contribution < -0.4 is 17.0 Å². The number of nitrogens with one attached hydrogen (secondary N) is 1. The topological polar surface area (TPSA) is 177 Å². The number of aromatic amines is 1. The normalized spacial score (nSPS) is 22.2. The molecule has 1 aliphatic heterocycles.